The Labute approximate surface area is 163 Å². The van der Waals surface area contributed by atoms with E-state index < -0.39 is 0 Å². The van der Waals surface area contributed by atoms with Gasteiger partial charge in [-0.15, -0.1) is 0 Å². The molecule has 0 spiro atoms. The van der Waals surface area contributed by atoms with Gasteiger partial charge in [-0.2, -0.15) is 5.10 Å². The number of hydrogen-bond donors (Lipinski definition) is 1. The minimum absolute atomic E-state index is 0.200. The van der Waals surface area contributed by atoms with Gasteiger partial charge in [-0.25, -0.2) is 9.67 Å². The van der Waals surface area contributed by atoms with Crippen molar-refractivity contribution in [3.8, 4) is 5.75 Å². The fourth-order valence-electron chi connectivity index (χ4n) is 2.42. The van der Waals surface area contributed by atoms with Crippen LogP contribution in [0, 0.1) is 5.92 Å². The molecule has 3 rings (SSSR count). The molecule has 2 aromatic carbocycles. The van der Waals surface area contributed by atoms with E-state index in [4.69, 9.17) is 16.3 Å². The fourth-order valence-corrected chi connectivity index (χ4v) is 2.65. The van der Waals surface area contributed by atoms with Gasteiger partial charge in [0.1, 0.15) is 18.4 Å². The van der Waals surface area contributed by atoms with E-state index in [9.17, 15) is 4.79 Å². The monoisotopic (exact) mass is 384 g/mol. The topological polar surface area (TPSA) is 69.0 Å². The normalized spacial score (nSPS) is 10.8. The van der Waals surface area contributed by atoms with Crippen LogP contribution in [0.3, 0.4) is 0 Å². The molecule has 7 heteroatoms. The standard InChI is InChI=1S/C20H21ClN4O2/c1-14(2)11-27-19-8-7-17(9-18(19)21)24-20(26)16-5-3-15(4-6-16)10-25-13-22-12-23-25/h3-9,12-14H,10-11H2,1-2H3,(H,24,26). The molecule has 1 amide bonds. The highest BCUT2D eigenvalue weighted by Gasteiger charge is 2.09. The van der Waals surface area contributed by atoms with Gasteiger partial charge in [0.15, 0.2) is 0 Å². The molecule has 0 aliphatic rings. The molecule has 0 aliphatic heterocycles. The number of rotatable bonds is 7. The highest BCUT2D eigenvalue weighted by molar-refractivity contribution is 6.32. The van der Waals surface area contributed by atoms with E-state index in [-0.39, 0.29) is 5.91 Å². The first-order valence-electron chi connectivity index (χ1n) is 8.66. The number of carbonyl (C=O) groups is 1. The molecule has 1 N–H and O–H groups in total. The Balaban J connectivity index is 1.62. The van der Waals surface area contributed by atoms with E-state index in [1.54, 1.807) is 41.3 Å². The van der Waals surface area contributed by atoms with Crippen LogP contribution in [-0.2, 0) is 6.54 Å². The molecule has 0 saturated heterocycles. The highest BCUT2D eigenvalue weighted by Crippen LogP contribution is 2.28. The van der Waals surface area contributed by atoms with Gasteiger partial charge in [-0.3, -0.25) is 4.79 Å². The molecular formula is C20H21ClN4O2. The smallest absolute Gasteiger partial charge is 0.255 e. The van der Waals surface area contributed by atoms with Crippen LogP contribution in [-0.4, -0.2) is 27.3 Å². The molecule has 0 fully saturated rings. The first kappa shape index (κ1) is 18.9. The fraction of sp³-hybridized carbons (Fsp3) is 0.250. The molecular weight excluding hydrogens is 364 g/mol. The maximum atomic E-state index is 12.4. The lowest BCUT2D eigenvalue weighted by Gasteiger charge is -2.12. The van der Waals surface area contributed by atoms with Crippen molar-refractivity contribution >= 4 is 23.2 Å². The van der Waals surface area contributed by atoms with Crippen LogP contribution >= 0.6 is 11.6 Å². The molecule has 3 aromatic rings. The quantitative estimate of drug-likeness (QED) is 0.660. The minimum atomic E-state index is -0.200. The van der Waals surface area contributed by atoms with E-state index in [1.165, 1.54) is 6.33 Å². The highest BCUT2D eigenvalue weighted by atomic mass is 35.5. The van der Waals surface area contributed by atoms with Crippen molar-refractivity contribution in [2.75, 3.05) is 11.9 Å². The number of hydrogen-bond acceptors (Lipinski definition) is 4. The summed E-state index contributed by atoms with van der Waals surface area (Å²) >= 11 is 6.24. The zero-order chi connectivity index (χ0) is 19.2. The van der Waals surface area contributed by atoms with Crippen molar-refractivity contribution < 1.29 is 9.53 Å². The summed E-state index contributed by atoms with van der Waals surface area (Å²) in [5, 5.41) is 7.39. The van der Waals surface area contributed by atoms with E-state index in [0.717, 1.165) is 5.56 Å². The third-order valence-electron chi connectivity index (χ3n) is 3.79. The van der Waals surface area contributed by atoms with E-state index in [1.807, 2.05) is 12.1 Å². The summed E-state index contributed by atoms with van der Waals surface area (Å²) in [5.74, 6) is 0.822. The van der Waals surface area contributed by atoms with Gasteiger partial charge < -0.3 is 10.1 Å². The van der Waals surface area contributed by atoms with Crippen LogP contribution in [0.4, 0.5) is 5.69 Å². The first-order chi connectivity index (χ1) is 13.0. The lowest BCUT2D eigenvalue weighted by molar-refractivity contribution is 0.102. The van der Waals surface area contributed by atoms with Crippen molar-refractivity contribution in [3.05, 3.63) is 71.3 Å². The molecule has 0 radical (unpaired) electrons. The Hall–Kier alpha value is -2.86. The zero-order valence-corrected chi connectivity index (χ0v) is 16.0. The number of benzene rings is 2. The second kappa shape index (κ2) is 8.68. The molecule has 0 bridgehead atoms. The molecule has 140 valence electrons. The molecule has 6 nitrogen and oxygen atoms in total. The Bertz CT molecular complexity index is 893. The predicted molar refractivity (Wildman–Crippen MR) is 105 cm³/mol. The number of halogens is 1. The Morgan fingerprint density at radius 3 is 2.63 bits per heavy atom. The molecule has 1 aromatic heterocycles. The largest absolute Gasteiger partial charge is 0.492 e. The molecule has 1 heterocycles. The summed E-state index contributed by atoms with van der Waals surface area (Å²) in [6.45, 7) is 5.33. The van der Waals surface area contributed by atoms with Gasteiger partial charge >= 0.3 is 0 Å². The van der Waals surface area contributed by atoms with Crippen LogP contribution in [0.1, 0.15) is 29.8 Å². The average molecular weight is 385 g/mol. The summed E-state index contributed by atoms with van der Waals surface area (Å²) in [4.78, 5) is 16.4. The third-order valence-corrected chi connectivity index (χ3v) is 4.08. The summed E-state index contributed by atoms with van der Waals surface area (Å²) in [6.07, 6.45) is 3.14. The van der Waals surface area contributed by atoms with Gasteiger partial charge in [-0.05, 0) is 41.8 Å². The summed E-state index contributed by atoms with van der Waals surface area (Å²) < 4.78 is 7.36. The number of aromatic nitrogens is 3. The van der Waals surface area contributed by atoms with Crippen molar-refractivity contribution in [3.63, 3.8) is 0 Å². The number of ether oxygens (including phenoxy) is 1. The SMILES string of the molecule is CC(C)COc1ccc(NC(=O)c2ccc(Cn3cncn3)cc2)cc1Cl. The van der Waals surface area contributed by atoms with E-state index in [2.05, 4.69) is 29.2 Å². The van der Waals surface area contributed by atoms with Crippen molar-refractivity contribution in [1.82, 2.24) is 14.8 Å². The predicted octanol–water partition coefficient (Wildman–Crippen LogP) is 4.27. The Kier molecular flexibility index (Phi) is 6.08. The van der Waals surface area contributed by atoms with Gasteiger partial charge in [-0.1, -0.05) is 37.6 Å². The molecule has 0 unspecified atom stereocenters. The van der Waals surface area contributed by atoms with Crippen LogP contribution in [0.2, 0.25) is 5.02 Å². The van der Waals surface area contributed by atoms with E-state index >= 15 is 0 Å². The van der Waals surface area contributed by atoms with Crippen molar-refractivity contribution in [2.24, 2.45) is 5.92 Å². The third kappa shape index (κ3) is 5.31. The number of anilines is 1. The van der Waals surface area contributed by atoms with E-state index in [0.29, 0.717) is 41.1 Å². The molecule has 0 atom stereocenters. The Morgan fingerprint density at radius 2 is 2.00 bits per heavy atom. The summed E-state index contributed by atoms with van der Waals surface area (Å²) in [6, 6.07) is 12.6. The molecule has 0 saturated carbocycles. The molecule has 27 heavy (non-hydrogen) atoms. The maximum Gasteiger partial charge on any atom is 0.255 e. The van der Waals surface area contributed by atoms with Crippen LogP contribution in [0.25, 0.3) is 0 Å². The number of carbonyl (C=O) groups excluding carboxylic acids is 1. The maximum absolute atomic E-state index is 12.4. The lowest BCUT2D eigenvalue weighted by Crippen LogP contribution is -2.12. The second-order valence-electron chi connectivity index (χ2n) is 6.59. The van der Waals surface area contributed by atoms with Crippen LogP contribution in [0.15, 0.2) is 55.1 Å². The Morgan fingerprint density at radius 1 is 1.22 bits per heavy atom. The number of nitrogens with one attached hydrogen (secondary N) is 1. The zero-order valence-electron chi connectivity index (χ0n) is 15.2. The summed E-state index contributed by atoms with van der Waals surface area (Å²) in [7, 11) is 0. The first-order valence-corrected chi connectivity index (χ1v) is 9.04. The van der Waals surface area contributed by atoms with Crippen molar-refractivity contribution in [2.45, 2.75) is 20.4 Å². The van der Waals surface area contributed by atoms with Gasteiger partial charge in [0.25, 0.3) is 5.91 Å². The number of nitrogens with zero attached hydrogens (tertiary/aromatic N) is 3. The van der Waals surface area contributed by atoms with Crippen LogP contribution in [0.5, 0.6) is 5.75 Å². The van der Waals surface area contributed by atoms with Gasteiger partial charge in [0, 0.05) is 11.3 Å². The van der Waals surface area contributed by atoms with Gasteiger partial charge in [0.05, 0.1) is 18.2 Å². The summed E-state index contributed by atoms with van der Waals surface area (Å²) in [5.41, 5.74) is 2.22. The lowest BCUT2D eigenvalue weighted by atomic mass is 10.1. The average Bonchev–Trinajstić information content (AvgIpc) is 3.14. The van der Waals surface area contributed by atoms with Crippen LogP contribution < -0.4 is 10.1 Å². The minimum Gasteiger partial charge on any atom is -0.492 e. The molecule has 0 aliphatic carbocycles. The van der Waals surface area contributed by atoms with Crippen molar-refractivity contribution in [1.29, 1.82) is 0 Å². The van der Waals surface area contributed by atoms with Gasteiger partial charge in [0.2, 0.25) is 0 Å². The number of amides is 1. The second-order valence-corrected chi connectivity index (χ2v) is 7.00.